The van der Waals surface area contributed by atoms with Gasteiger partial charge in [-0.05, 0) is 42.5 Å². The van der Waals surface area contributed by atoms with Gasteiger partial charge in [-0.1, -0.05) is 25.4 Å². The molecule has 9 heteroatoms. The zero-order valence-corrected chi connectivity index (χ0v) is 17.6. The summed E-state index contributed by atoms with van der Waals surface area (Å²) < 4.78 is 29.0. The third-order valence-corrected chi connectivity index (χ3v) is 7.05. The standard InChI is InChI=1S/C19H23ClN2O5S/c1-11(2)14-9-17(12(3)8-15(14)20)27-19(24)16-4-5-18(23)22(21-16)13-6-7-28(25,26)10-13/h8-9,11,13H,4-7,10H2,1-3H3/t13-/m1/s1. The average Bonchev–Trinajstić information content (AvgIpc) is 2.97. The molecule has 0 unspecified atom stereocenters. The first kappa shape index (κ1) is 20.8. The van der Waals surface area contributed by atoms with Crippen LogP contribution in [0.3, 0.4) is 0 Å². The Labute approximate surface area is 169 Å². The molecule has 0 N–H and O–H groups in total. The van der Waals surface area contributed by atoms with E-state index in [1.807, 2.05) is 13.8 Å². The number of benzene rings is 1. The minimum absolute atomic E-state index is 0.0265. The van der Waals surface area contributed by atoms with E-state index in [4.69, 9.17) is 16.3 Å². The highest BCUT2D eigenvalue weighted by Gasteiger charge is 2.37. The number of amides is 1. The average molecular weight is 427 g/mol. The molecule has 2 heterocycles. The highest BCUT2D eigenvalue weighted by atomic mass is 35.5. The Kier molecular flexibility index (Phi) is 5.82. The summed E-state index contributed by atoms with van der Waals surface area (Å²) in [7, 11) is -3.17. The number of sulfone groups is 1. The Bertz CT molecular complexity index is 955. The van der Waals surface area contributed by atoms with Crippen LogP contribution in [-0.4, -0.2) is 48.6 Å². The quantitative estimate of drug-likeness (QED) is 0.545. The van der Waals surface area contributed by atoms with Gasteiger partial charge in [-0.3, -0.25) is 4.79 Å². The fourth-order valence-electron chi connectivity index (χ4n) is 3.35. The van der Waals surface area contributed by atoms with Crippen molar-refractivity contribution in [3.8, 4) is 5.75 Å². The Morgan fingerprint density at radius 2 is 2.04 bits per heavy atom. The third kappa shape index (κ3) is 4.38. The van der Waals surface area contributed by atoms with Crippen LogP contribution in [0.4, 0.5) is 0 Å². The van der Waals surface area contributed by atoms with E-state index in [1.54, 1.807) is 19.1 Å². The Morgan fingerprint density at radius 1 is 1.32 bits per heavy atom. The topological polar surface area (TPSA) is 93.1 Å². The molecule has 3 rings (SSSR count). The molecule has 2 aliphatic rings. The highest BCUT2D eigenvalue weighted by Crippen LogP contribution is 2.32. The fourth-order valence-corrected chi connectivity index (χ4v) is 5.48. The van der Waals surface area contributed by atoms with Crippen LogP contribution in [0, 0.1) is 6.92 Å². The van der Waals surface area contributed by atoms with Crippen LogP contribution in [0.15, 0.2) is 17.2 Å². The molecule has 0 aromatic heterocycles. The molecular formula is C19H23ClN2O5S. The summed E-state index contributed by atoms with van der Waals surface area (Å²) in [6, 6.07) is 2.97. The Hall–Kier alpha value is -1.93. The number of carbonyl (C=O) groups is 2. The Balaban J connectivity index is 1.82. The van der Waals surface area contributed by atoms with E-state index in [-0.39, 0.29) is 41.9 Å². The number of hydrogen-bond acceptors (Lipinski definition) is 6. The maximum Gasteiger partial charge on any atom is 0.359 e. The van der Waals surface area contributed by atoms with E-state index in [0.717, 1.165) is 10.6 Å². The molecule has 0 radical (unpaired) electrons. The van der Waals surface area contributed by atoms with Crippen molar-refractivity contribution in [2.75, 3.05) is 11.5 Å². The molecule has 1 fully saturated rings. The van der Waals surface area contributed by atoms with Gasteiger partial charge in [-0.25, -0.2) is 18.2 Å². The van der Waals surface area contributed by atoms with Crippen molar-refractivity contribution in [3.63, 3.8) is 0 Å². The molecule has 1 aromatic rings. The van der Waals surface area contributed by atoms with Crippen molar-refractivity contribution >= 4 is 39.0 Å². The number of hydrazone groups is 1. The molecule has 1 aromatic carbocycles. The summed E-state index contributed by atoms with van der Waals surface area (Å²) >= 11 is 6.26. The number of ether oxygens (including phenoxy) is 1. The minimum atomic E-state index is -3.17. The van der Waals surface area contributed by atoms with Crippen molar-refractivity contribution in [2.24, 2.45) is 5.10 Å². The minimum Gasteiger partial charge on any atom is -0.422 e. The lowest BCUT2D eigenvalue weighted by atomic mass is 10.0. The third-order valence-electron chi connectivity index (χ3n) is 4.97. The largest absolute Gasteiger partial charge is 0.422 e. The van der Waals surface area contributed by atoms with Gasteiger partial charge in [0, 0.05) is 17.9 Å². The zero-order chi connectivity index (χ0) is 20.6. The molecule has 1 atom stereocenters. The van der Waals surface area contributed by atoms with E-state index < -0.39 is 21.8 Å². The Morgan fingerprint density at radius 3 is 2.64 bits per heavy atom. The SMILES string of the molecule is Cc1cc(Cl)c(C(C)C)cc1OC(=O)C1=NN([C@@H]2CCS(=O)(=O)C2)C(=O)CC1. The van der Waals surface area contributed by atoms with Crippen LogP contribution in [0.1, 0.15) is 50.2 Å². The second kappa shape index (κ2) is 7.83. The smallest absolute Gasteiger partial charge is 0.359 e. The van der Waals surface area contributed by atoms with Crippen molar-refractivity contribution in [1.29, 1.82) is 0 Å². The molecule has 1 amide bonds. The van der Waals surface area contributed by atoms with Crippen molar-refractivity contribution in [2.45, 2.75) is 52.0 Å². The first-order chi connectivity index (χ1) is 13.1. The normalized spacial score (nSPS) is 21.8. The second-order valence-corrected chi connectivity index (χ2v) is 10.2. The van der Waals surface area contributed by atoms with E-state index in [1.165, 1.54) is 0 Å². The molecule has 2 aliphatic heterocycles. The van der Waals surface area contributed by atoms with Crippen LogP contribution < -0.4 is 4.74 Å². The maximum absolute atomic E-state index is 12.6. The van der Waals surface area contributed by atoms with E-state index >= 15 is 0 Å². The number of nitrogens with zero attached hydrogens (tertiary/aromatic N) is 2. The number of rotatable bonds is 4. The lowest BCUT2D eigenvalue weighted by Gasteiger charge is -2.27. The number of esters is 1. The second-order valence-electron chi connectivity index (χ2n) is 7.53. The van der Waals surface area contributed by atoms with Gasteiger partial charge in [0.25, 0.3) is 0 Å². The van der Waals surface area contributed by atoms with E-state index in [0.29, 0.717) is 22.8 Å². The summed E-state index contributed by atoms with van der Waals surface area (Å²) in [5.74, 6) is -0.457. The predicted molar refractivity (Wildman–Crippen MR) is 106 cm³/mol. The van der Waals surface area contributed by atoms with Gasteiger partial charge in [0.15, 0.2) is 9.84 Å². The maximum atomic E-state index is 12.6. The molecule has 152 valence electrons. The number of hydrogen-bond donors (Lipinski definition) is 0. The van der Waals surface area contributed by atoms with Crippen LogP contribution in [0.5, 0.6) is 5.75 Å². The van der Waals surface area contributed by atoms with Crippen molar-refractivity contribution < 1.29 is 22.7 Å². The monoisotopic (exact) mass is 426 g/mol. The van der Waals surface area contributed by atoms with E-state index in [2.05, 4.69) is 5.10 Å². The summed E-state index contributed by atoms with van der Waals surface area (Å²) in [5, 5.41) is 5.91. The van der Waals surface area contributed by atoms with Crippen LogP contribution in [0.2, 0.25) is 5.02 Å². The van der Waals surface area contributed by atoms with Crippen LogP contribution in [0.25, 0.3) is 0 Å². The molecule has 0 saturated carbocycles. The van der Waals surface area contributed by atoms with E-state index in [9.17, 15) is 18.0 Å². The molecule has 0 spiro atoms. The molecule has 1 saturated heterocycles. The van der Waals surface area contributed by atoms with Gasteiger partial charge in [0.2, 0.25) is 5.91 Å². The van der Waals surface area contributed by atoms with Crippen molar-refractivity contribution in [1.82, 2.24) is 5.01 Å². The molecular weight excluding hydrogens is 404 g/mol. The molecule has 0 aliphatic carbocycles. The molecule has 7 nitrogen and oxygen atoms in total. The van der Waals surface area contributed by atoms with Crippen LogP contribution >= 0.6 is 11.6 Å². The highest BCUT2D eigenvalue weighted by molar-refractivity contribution is 7.91. The molecule has 0 bridgehead atoms. The lowest BCUT2D eigenvalue weighted by molar-refractivity contribution is -0.134. The lowest BCUT2D eigenvalue weighted by Crippen LogP contribution is -2.42. The summed E-state index contributed by atoms with van der Waals surface area (Å²) in [5.41, 5.74) is 1.70. The van der Waals surface area contributed by atoms with Crippen LogP contribution in [-0.2, 0) is 19.4 Å². The summed E-state index contributed by atoms with van der Waals surface area (Å²) in [4.78, 5) is 24.8. The summed E-state index contributed by atoms with van der Waals surface area (Å²) in [6.45, 7) is 5.78. The van der Waals surface area contributed by atoms with Gasteiger partial charge in [-0.2, -0.15) is 5.10 Å². The molecule has 28 heavy (non-hydrogen) atoms. The van der Waals surface area contributed by atoms with Gasteiger partial charge >= 0.3 is 5.97 Å². The first-order valence-electron chi connectivity index (χ1n) is 9.19. The number of aryl methyl sites for hydroxylation is 1. The van der Waals surface area contributed by atoms with Gasteiger partial charge < -0.3 is 4.74 Å². The van der Waals surface area contributed by atoms with Gasteiger partial charge in [0.05, 0.1) is 17.5 Å². The first-order valence-corrected chi connectivity index (χ1v) is 11.4. The van der Waals surface area contributed by atoms with Crippen molar-refractivity contribution in [3.05, 3.63) is 28.3 Å². The number of halogens is 1. The zero-order valence-electron chi connectivity index (χ0n) is 16.1. The fraction of sp³-hybridized carbons (Fsp3) is 0.526. The van der Waals surface area contributed by atoms with Gasteiger partial charge in [0.1, 0.15) is 11.5 Å². The summed E-state index contributed by atoms with van der Waals surface area (Å²) in [6.07, 6.45) is 0.590. The predicted octanol–water partition coefficient (Wildman–Crippen LogP) is 2.84. The van der Waals surface area contributed by atoms with Gasteiger partial charge in [-0.15, -0.1) is 0 Å². The number of carbonyl (C=O) groups excluding carboxylic acids is 2.